The number of aliphatic hydroxyl groups excluding tert-OH is 1. The van der Waals surface area contributed by atoms with Crippen molar-refractivity contribution < 1.29 is 13.5 Å². The molecule has 1 aromatic rings. The molecule has 0 saturated heterocycles. The molecule has 2 rings (SSSR count). The third kappa shape index (κ3) is 3.47. The minimum Gasteiger partial charge on any atom is -0.398 e. The van der Waals surface area contributed by atoms with Crippen LogP contribution in [0, 0.1) is 0 Å². The zero-order chi connectivity index (χ0) is 14.0. The molecule has 1 fully saturated rings. The Bertz CT molecular complexity index is 562. The zero-order valence-corrected chi connectivity index (χ0v) is 12.7. The maximum atomic E-state index is 12.2. The van der Waals surface area contributed by atoms with Crippen LogP contribution in [0.5, 0.6) is 0 Å². The van der Waals surface area contributed by atoms with E-state index in [4.69, 9.17) is 5.73 Å². The Morgan fingerprint density at radius 3 is 2.63 bits per heavy atom. The van der Waals surface area contributed by atoms with Crippen LogP contribution in [-0.2, 0) is 10.0 Å². The van der Waals surface area contributed by atoms with Crippen molar-refractivity contribution in [3.05, 3.63) is 22.7 Å². The van der Waals surface area contributed by atoms with Crippen molar-refractivity contribution in [2.75, 3.05) is 5.73 Å². The second-order valence-electron chi connectivity index (χ2n) is 4.76. The molecule has 106 valence electrons. The quantitative estimate of drug-likeness (QED) is 0.723. The van der Waals surface area contributed by atoms with Crippen molar-refractivity contribution in [2.45, 2.75) is 42.7 Å². The number of nitrogen functional groups attached to an aromatic ring is 1. The second-order valence-corrected chi connectivity index (χ2v) is 7.33. The monoisotopic (exact) mass is 348 g/mol. The first kappa shape index (κ1) is 14.8. The van der Waals surface area contributed by atoms with Gasteiger partial charge in [0.25, 0.3) is 0 Å². The van der Waals surface area contributed by atoms with Crippen LogP contribution >= 0.6 is 15.9 Å². The van der Waals surface area contributed by atoms with Gasteiger partial charge in [0.05, 0.1) is 11.0 Å². The maximum Gasteiger partial charge on any atom is 0.240 e. The summed E-state index contributed by atoms with van der Waals surface area (Å²) >= 11 is 3.22. The topological polar surface area (TPSA) is 92.4 Å². The van der Waals surface area contributed by atoms with Gasteiger partial charge in [0.1, 0.15) is 0 Å². The number of sulfonamides is 1. The van der Waals surface area contributed by atoms with Crippen LogP contribution in [-0.4, -0.2) is 25.7 Å². The molecule has 0 spiro atoms. The number of aliphatic hydroxyl groups is 1. The number of hydrogen-bond acceptors (Lipinski definition) is 4. The van der Waals surface area contributed by atoms with Crippen LogP contribution in [0.3, 0.4) is 0 Å². The molecular weight excluding hydrogens is 332 g/mol. The van der Waals surface area contributed by atoms with Crippen LogP contribution < -0.4 is 10.5 Å². The zero-order valence-electron chi connectivity index (χ0n) is 10.3. The van der Waals surface area contributed by atoms with E-state index >= 15 is 0 Å². The summed E-state index contributed by atoms with van der Waals surface area (Å²) in [6.07, 6.45) is 2.54. The normalized spacial score (nSPS) is 24.3. The average molecular weight is 349 g/mol. The molecule has 0 radical (unpaired) electrons. The third-order valence-corrected chi connectivity index (χ3v) is 5.52. The number of benzene rings is 1. The molecular formula is C12H17BrN2O3S. The molecule has 2 atom stereocenters. The highest BCUT2D eigenvalue weighted by Crippen LogP contribution is 2.24. The highest BCUT2D eigenvalue weighted by atomic mass is 79.9. The standard InChI is InChI=1S/C12H17BrN2O3S/c13-9-6-5-8(7-10(9)14)19(17,18)15-11-3-1-2-4-12(11)16/h5-7,11-12,15-16H,1-4,14H2. The largest absolute Gasteiger partial charge is 0.398 e. The highest BCUT2D eigenvalue weighted by Gasteiger charge is 2.28. The van der Waals surface area contributed by atoms with Crippen LogP contribution in [0.1, 0.15) is 25.7 Å². The lowest BCUT2D eigenvalue weighted by Crippen LogP contribution is -2.44. The number of halogens is 1. The summed E-state index contributed by atoms with van der Waals surface area (Å²) in [4.78, 5) is 0.117. The van der Waals surface area contributed by atoms with Crippen LogP contribution in [0.15, 0.2) is 27.6 Å². The van der Waals surface area contributed by atoms with E-state index in [1.807, 2.05) is 0 Å². The Labute approximate surface area is 121 Å². The summed E-state index contributed by atoms with van der Waals surface area (Å²) in [5.74, 6) is 0. The SMILES string of the molecule is Nc1cc(S(=O)(=O)NC2CCCCC2O)ccc1Br. The van der Waals surface area contributed by atoms with Crippen molar-refractivity contribution >= 4 is 31.6 Å². The summed E-state index contributed by atoms with van der Waals surface area (Å²) in [7, 11) is -3.64. The molecule has 0 aromatic heterocycles. The molecule has 1 aromatic carbocycles. The van der Waals surface area contributed by atoms with E-state index in [1.54, 1.807) is 6.07 Å². The molecule has 0 bridgehead atoms. The number of hydrogen-bond donors (Lipinski definition) is 3. The summed E-state index contributed by atoms with van der Waals surface area (Å²) in [5, 5.41) is 9.82. The Morgan fingerprint density at radius 2 is 2.00 bits per heavy atom. The van der Waals surface area contributed by atoms with E-state index in [2.05, 4.69) is 20.7 Å². The van der Waals surface area contributed by atoms with Gasteiger partial charge in [-0.2, -0.15) is 0 Å². The molecule has 0 heterocycles. The first-order chi connectivity index (χ1) is 8.90. The lowest BCUT2D eigenvalue weighted by molar-refractivity contribution is 0.101. The van der Waals surface area contributed by atoms with E-state index in [1.165, 1.54) is 12.1 Å². The Balaban J connectivity index is 2.19. The van der Waals surface area contributed by atoms with Crippen molar-refractivity contribution in [3.63, 3.8) is 0 Å². The van der Waals surface area contributed by atoms with Crippen molar-refractivity contribution in [1.29, 1.82) is 0 Å². The van der Waals surface area contributed by atoms with Gasteiger partial charge in [-0.25, -0.2) is 13.1 Å². The molecule has 4 N–H and O–H groups in total. The van der Waals surface area contributed by atoms with Crippen molar-refractivity contribution in [2.24, 2.45) is 0 Å². The molecule has 7 heteroatoms. The van der Waals surface area contributed by atoms with Crippen LogP contribution in [0.4, 0.5) is 5.69 Å². The lowest BCUT2D eigenvalue weighted by atomic mass is 9.93. The lowest BCUT2D eigenvalue weighted by Gasteiger charge is -2.28. The van der Waals surface area contributed by atoms with Gasteiger partial charge in [-0.3, -0.25) is 0 Å². The van der Waals surface area contributed by atoms with E-state index < -0.39 is 22.2 Å². The Kier molecular flexibility index (Phi) is 4.50. The molecule has 1 saturated carbocycles. The van der Waals surface area contributed by atoms with E-state index in [0.29, 0.717) is 23.0 Å². The predicted molar refractivity (Wildman–Crippen MR) is 77.1 cm³/mol. The fourth-order valence-corrected chi connectivity index (χ4v) is 3.79. The highest BCUT2D eigenvalue weighted by molar-refractivity contribution is 9.10. The number of nitrogens with one attached hydrogen (secondary N) is 1. The van der Waals surface area contributed by atoms with E-state index in [0.717, 1.165) is 12.8 Å². The molecule has 1 aliphatic rings. The van der Waals surface area contributed by atoms with Gasteiger partial charge in [-0.05, 0) is 47.0 Å². The van der Waals surface area contributed by atoms with Crippen molar-refractivity contribution in [1.82, 2.24) is 4.72 Å². The van der Waals surface area contributed by atoms with Gasteiger partial charge in [-0.1, -0.05) is 12.8 Å². The number of nitrogens with two attached hydrogens (primary N) is 1. The molecule has 0 amide bonds. The fraction of sp³-hybridized carbons (Fsp3) is 0.500. The molecule has 5 nitrogen and oxygen atoms in total. The minimum absolute atomic E-state index is 0.117. The summed E-state index contributed by atoms with van der Waals surface area (Å²) in [6, 6.07) is 4.07. The number of anilines is 1. The third-order valence-electron chi connectivity index (χ3n) is 3.31. The molecule has 19 heavy (non-hydrogen) atoms. The van der Waals surface area contributed by atoms with Crippen molar-refractivity contribution in [3.8, 4) is 0 Å². The van der Waals surface area contributed by atoms with Gasteiger partial charge in [0, 0.05) is 16.2 Å². The molecule has 2 unspecified atom stereocenters. The first-order valence-electron chi connectivity index (χ1n) is 6.15. The fourth-order valence-electron chi connectivity index (χ4n) is 2.21. The summed E-state index contributed by atoms with van der Waals surface area (Å²) in [6.45, 7) is 0. The van der Waals surface area contributed by atoms with Crippen LogP contribution in [0.2, 0.25) is 0 Å². The number of rotatable bonds is 3. The van der Waals surface area contributed by atoms with Gasteiger partial charge >= 0.3 is 0 Å². The first-order valence-corrected chi connectivity index (χ1v) is 8.43. The average Bonchev–Trinajstić information content (AvgIpc) is 2.35. The van der Waals surface area contributed by atoms with Gasteiger partial charge in [-0.15, -0.1) is 0 Å². The Morgan fingerprint density at radius 1 is 1.32 bits per heavy atom. The Hall–Kier alpha value is -0.630. The van der Waals surface area contributed by atoms with E-state index in [-0.39, 0.29) is 4.90 Å². The molecule has 0 aliphatic heterocycles. The maximum absolute atomic E-state index is 12.2. The smallest absolute Gasteiger partial charge is 0.240 e. The summed E-state index contributed by atoms with van der Waals surface area (Å²) in [5.41, 5.74) is 6.06. The second kappa shape index (κ2) is 5.78. The summed E-state index contributed by atoms with van der Waals surface area (Å²) < 4.78 is 27.6. The van der Waals surface area contributed by atoms with E-state index in [9.17, 15) is 13.5 Å². The van der Waals surface area contributed by atoms with Gasteiger partial charge in [0.15, 0.2) is 0 Å². The van der Waals surface area contributed by atoms with Gasteiger partial charge < -0.3 is 10.8 Å². The van der Waals surface area contributed by atoms with Crippen LogP contribution in [0.25, 0.3) is 0 Å². The predicted octanol–water partition coefficient (Wildman–Crippen LogP) is 1.61. The van der Waals surface area contributed by atoms with Gasteiger partial charge in [0.2, 0.25) is 10.0 Å². The minimum atomic E-state index is -3.64. The molecule has 1 aliphatic carbocycles.